The van der Waals surface area contributed by atoms with Gasteiger partial charge in [0.2, 0.25) is 0 Å². The zero-order valence-electron chi connectivity index (χ0n) is 10.7. The van der Waals surface area contributed by atoms with Gasteiger partial charge < -0.3 is 4.90 Å². The summed E-state index contributed by atoms with van der Waals surface area (Å²) in [5.74, 6) is 1.19. The van der Waals surface area contributed by atoms with E-state index in [0.717, 1.165) is 18.8 Å². The van der Waals surface area contributed by atoms with Crippen molar-refractivity contribution < 1.29 is 4.79 Å². The van der Waals surface area contributed by atoms with Crippen molar-refractivity contribution in [1.29, 1.82) is 0 Å². The second-order valence-electron chi connectivity index (χ2n) is 5.71. The Kier molecular flexibility index (Phi) is 6.63. The molecule has 0 atom stereocenters. The van der Waals surface area contributed by atoms with Crippen LogP contribution >= 0.6 is 45.5 Å². The van der Waals surface area contributed by atoms with E-state index in [-0.39, 0.29) is 0 Å². The van der Waals surface area contributed by atoms with Crippen molar-refractivity contribution >= 4 is 49.2 Å². The van der Waals surface area contributed by atoms with Crippen molar-refractivity contribution in [1.82, 2.24) is 8.43 Å². The molecule has 1 saturated heterocycles. The Morgan fingerprint density at radius 2 is 1.72 bits per heavy atom. The molecule has 1 aliphatic carbocycles. The van der Waals surface area contributed by atoms with Crippen LogP contribution < -0.4 is 3.53 Å². The predicted molar refractivity (Wildman–Crippen MR) is 91.1 cm³/mol. The molecule has 18 heavy (non-hydrogen) atoms. The van der Waals surface area contributed by atoms with Crippen LogP contribution in [-0.4, -0.2) is 34.4 Å². The second-order valence-corrected chi connectivity index (χ2v) is 7.39. The van der Waals surface area contributed by atoms with Gasteiger partial charge in [-0.2, -0.15) is 0 Å². The van der Waals surface area contributed by atoms with Gasteiger partial charge in [-0.1, -0.05) is 0 Å². The Bertz CT molecular complexity index is 272. The number of hydrogen-bond donors (Lipinski definition) is 1. The van der Waals surface area contributed by atoms with Crippen molar-refractivity contribution in [2.45, 2.75) is 44.6 Å². The first-order valence-electron chi connectivity index (χ1n) is 6.97. The van der Waals surface area contributed by atoms with E-state index < -0.39 is 0 Å². The maximum atomic E-state index is 11.3. The van der Waals surface area contributed by atoms with Gasteiger partial charge in [0, 0.05) is 41.4 Å². The normalized spacial score (nSPS) is 31.4. The lowest BCUT2D eigenvalue weighted by atomic mass is 9.82. The maximum absolute atomic E-state index is 11.3. The molecule has 2 rings (SSSR count). The lowest BCUT2D eigenvalue weighted by Crippen LogP contribution is -2.42. The van der Waals surface area contributed by atoms with Crippen LogP contribution in [0.15, 0.2) is 0 Å². The third-order valence-electron chi connectivity index (χ3n) is 4.43. The second kappa shape index (κ2) is 7.73. The fraction of sp³-hybridized carbons (Fsp3) is 0.923. The average molecular weight is 476 g/mol. The molecule has 2 aliphatic rings. The van der Waals surface area contributed by atoms with Crippen molar-refractivity contribution in [3.63, 3.8) is 0 Å². The molecule has 0 radical (unpaired) electrons. The number of rotatable bonds is 4. The first-order valence-corrected chi connectivity index (χ1v) is 9.12. The molecule has 104 valence electrons. The summed E-state index contributed by atoms with van der Waals surface area (Å²) in [6, 6.07) is 0.717. The van der Waals surface area contributed by atoms with E-state index in [0.29, 0.717) is 15.7 Å². The van der Waals surface area contributed by atoms with Crippen LogP contribution in [0.5, 0.6) is 0 Å². The third-order valence-corrected chi connectivity index (χ3v) is 6.19. The van der Waals surface area contributed by atoms with E-state index in [1.165, 1.54) is 45.3 Å². The molecule has 3 nitrogen and oxygen atoms in total. The average Bonchev–Trinajstić information content (AvgIpc) is 2.40. The van der Waals surface area contributed by atoms with Gasteiger partial charge in [-0.3, -0.25) is 8.32 Å². The summed E-state index contributed by atoms with van der Waals surface area (Å²) in [5.41, 5.74) is 0. The van der Waals surface area contributed by atoms with E-state index in [4.69, 9.17) is 0 Å². The van der Waals surface area contributed by atoms with Gasteiger partial charge >= 0.3 is 0 Å². The molecular formula is C13H22I2N2O. The van der Waals surface area contributed by atoms with Gasteiger partial charge in [-0.15, -0.1) is 0 Å². The van der Waals surface area contributed by atoms with Crippen LogP contribution in [-0.2, 0) is 4.79 Å². The number of carbonyl (C=O) groups is 1. The van der Waals surface area contributed by atoms with Crippen molar-refractivity contribution in [3.05, 3.63) is 0 Å². The molecule has 5 heteroatoms. The Hall–Kier alpha value is 1.05. The third kappa shape index (κ3) is 4.56. The molecule has 0 aromatic carbocycles. The van der Waals surface area contributed by atoms with Gasteiger partial charge in [0.15, 0.2) is 3.79 Å². The Labute approximate surface area is 137 Å². The summed E-state index contributed by atoms with van der Waals surface area (Å²) >= 11 is 4.25. The summed E-state index contributed by atoms with van der Waals surface area (Å²) in [4.78, 5) is 14.0. The summed E-state index contributed by atoms with van der Waals surface area (Å²) in [7, 11) is 0. The van der Waals surface area contributed by atoms with Crippen molar-refractivity contribution in [2.75, 3.05) is 19.6 Å². The molecule has 0 bridgehead atoms. The lowest BCUT2D eigenvalue weighted by molar-refractivity contribution is -0.113. The highest BCUT2D eigenvalue weighted by Gasteiger charge is 2.27. The largest absolute Gasteiger partial charge is 0.303 e. The SMILES string of the molecule is O=C(I)C1CCC(CN2CCC(NI)CC2)CC1. The molecule has 0 aromatic rings. The Morgan fingerprint density at radius 3 is 2.22 bits per heavy atom. The molecule has 1 aliphatic heterocycles. The minimum Gasteiger partial charge on any atom is -0.303 e. The quantitative estimate of drug-likeness (QED) is 0.385. The van der Waals surface area contributed by atoms with Crippen molar-refractivity contribution in [3.8, 4) is 0 Å². The molecular weight excluding hydrogens is 454 g/mol. The number of likely N-dealkylation sites (tertiary alicyclic amines) is 1. The Morgan fingerprint density at radius 1 is 1.11 bits per heavy atom. The zero-order chi connectivity index (χ0) is 13.0. The van der Waals surface area contributed by atoms with Crippen molar-refractivity contribution in [2.24, 2.45) is 11.8 Å². The number of halogens is 2. The Balaban J connectivity index is 1.67. The molecule has 1 heterocycles. The van der Waals surface area contributed by atoms with Crippen LogP contribution in [0, 0.1) is 11.8 Å². The number of hydrogen-bond acceptors (Lipinski definition) is 3. The van der Waals surface area contributed by atoms with Gasteiger partial charge in [-0.05, 0) is 80.1 Å². The number of nitrogens with zero attached hydrogens (tertiary/aromatic N) is 1. The predicted octanol–water partition coefficient (Wildman–Crippen LogP) is 3.16. The van der Waals surface area contributed by atoms with E-state index in [2.05, 4.69) is 31.3 Å². The van der Waals surface area contributed by atoms with Gasteiger partial charge in [0.05, 0.1) is 0 Å². The highest BCUT2D eigenvalue weighted by Crippen LogP contribution is 2.31. The topological polar surface area (TPSA) is 32.3 Å². The number of carbonyl (C=O) groups excluding carboxylic acids is 1. The van der Waals surface area contributed by atoms with Crippen LogP contribution in [0.4, 0.5) is 0 Å². The molecule has 1 saturated carbocycles. The number of piperidine rings is 1. The smallest absolute Gasteiger partial charge is 0.195 e. The molecule has 0 aromatic heterocycles. The fourth-order valence-corrected chi connectivity index (χ4v) is 4.41. The van der Waals surface area contributed by atoms with E-state index in [1.54, 1.807) is 0 Å². The summed E-state index contributed by atoms with van der Waals surface area (Å²) in [6.45, 7) is 3.74. The van der Waals surface area contributed by atoms with Crippen LogP contribution in [0.25, 0.3) is 0 Å². The molecule has 2 fully saturated rings. The van der Waals surface area contributed by atoms with E-state index >= 15 is 0 Å². The zero-order valence-corrected chi connectivity index (χ0v) is 15.0. The van der Waals surface area contributed by atoms with Gasteiger partial charge in [0.25, 0.3) is 0 Å². The standard InChI is InChI=1S/C13H22I2N2O/c14-13(18)11-3-1-10(2-4-11)9-17-7-5-12(16-15)6-8-17/h10-12,16H,1-9H2. The molecule has 0 unspecified atom stereocenters. The van der Waals surface area contributed by atoms with E-state index in [9.17, 15) is 4.79 Å². The highest BCUT2D eigenvalue weighted by atomic mass is 127. The molecule has 0 amide bonds. The minimum absolute atomic E-state index is 0.357. The fourth-order valence-electron chi connectivity index (χ4n) is 3.16. The van der Waals surface area contributed by atoms with Crippen LogP contribution in [0.1, 0.15) is 38.5 Å². The summed E-state index contributed by atoms with van der Waals surface area (Å²) in [6.07, 6.45) is 7.32. The van der Waals surface area contributed by atoms with Crippen LogP contribution in [0.2, 0.25) is 0 Å². The highest BCUT2D eigenvalue weighted by molar-refractivity contribution is 14.1. The summed E-state index contributed by atoms with van der Waals surface area (Å²) < 4.78 is 3.73. The van der Waals surface area contributed by atoms with E-state index in [1.807, 2.05) is 22.6 Å². The first-order chi connectivity index (χ1) is 8.69. The summed E-state index contributed by atoms with van der Waals surface area (Å²) in [5, 5.41) is 0. The molecule has 0 spiro atoms. The first kappa shape index (κ1) is 15.4. The lowest BCUT2D eigenvalue weighted by Gasteiger charge is -2.35. The minimum atomic E-state index is 0.357. The number of nitrogens with one attached hydrogen (secondary N) is 1. The van der Waals surface area contributed by atoms with Gasteiger partial charge in [-0.25, -0.2) is 0 Å². The maximum Gasteiger partial charge on any atom is 0.195 e. The molecule has 1 N–H and O–H groups in total. The van der Waals surface area contributed by atoms with Crippen LogP contribution in [0.3, 0.4) is 0 Å². The van der Waals surface area contributed by atoms with Gasteiger partial charge in [0.1, 0.15) is 0 Å². The monoisotopic (exact) mass is 476 g/mol.